The largest absolute Gasteiger partial charge is 3.00 e. The van der Waals surface area contributed by atoms with Gasteiger partial charge in [-0.25, -0.2) is 9.69 Å². The molecule has 0 spiro atoms. The molecule has 2 saturated heterocycles. The maximum Gasteiger partial charge on any atom is 3.00 e. The van der Waals surface area contributed by atoms with E-state index in [1.54, 1.807) is 16.7 Å². The monoisotopic (exact) mass is 1090 g/mol. The van der Waals surface area contributed by atoms with Gasteiger partial charge in [0.2, 0.25) is 5.91 Å². The molecule has 2 fully saturated rings. The molecule has 4 rings (SSSR count). The van der Waals surface area contributed by atoms with Gasteiger partial charge in [0, 0.05) is 86.4 Å². The first kappa shape index (κ1) is 50.1. The van der Waals surface area contributed by atoms with E-state index in [1.807, 2.05) is 41.1 Å². The topological polar surface area (TPSA) is 191 Å². The van der Waals surface area contributed by atoms with E-state index in [-0.39, 0.29) is 70.3 Å². The number of anilines is 1. The van der Waals surface area contributed by atoms with Crippen LogP contribution in [0.1, 0.15) is 25.3 Å². The van der Waals surface area contributed by atoms with E-state index in [1.165, 1.54) is 18.2 Å². The minimum Gasteiger partial charge on any atom is -0.480 e. The fraction of sp³-hybridized carbons (Fsp3) is 0.514. The van der Waals surface area contributed by atoms with Crippen LogP contribution in [0.25, 0.3) is 0 Å². The van der Waals surface area contributed by atoms with Crippen molar-refractivity contribution >= 4 is 107 Å². The van der Waals surface area contributed by atoms with Crippen molar-refractivity contribution in [3.63, 3.8) is 0 Å². The molecule has 0 aliphatic carbocycles. The zero-order valence-corrected chi connectivity index (χ0v) is 38.4. The predicted octanol–water partition coefficient (Wildman–Crippen LogP) is 2.48. The first-order valence-corrected chi connectivity index (χ1v) is 19.5. The van der Waals surface area contributed by atoms with Gasteiger partial charge in [0.25, 0.3) is 5.91 Å². The van der Waals surface area contributed by atoms with Crippen molar-refractivity contribution in [1.29, 1.82) is 0 Å². The predicted molar refractivity (Wildman–Crippen MR) is 217 cm³/mol. The average molecular weight is 1090 g/mol. The van der Waals surface area contributed by atoms with Crippen molar-refractivity contribution in [2.24, 2.45) is 0 Å². The summed E-state index contributed by atoms with van der Waals surface area (Å²) in [6, 6.07) is 11.8. The number of benzene rings is 2. The molecule has 2 aliphatic rings. The number of carboxylic acid groups (broad SMARTS) is 2. The first-order valence-electron chi connectivity index (χ1n) is 18.0. The summed E-state index contributed by atoms with van der Waals surface area (Å²) in [4.78, 5) is 90.6. The summed E-state index contributed by atoms with van der Waals surface area (Å²) in [5.41, 5.74) is 0.00728. The molecule has 2 aromatic rings. The molecule has 1 atom stereocenters. The van der Waals surface area contributed by atoms with Crippen LogP contribution in [0.5, 0.6) is 0 Å². The number of unbranched alkanes of at least 4 members (excludes halogenated alkanes) is 1. The third-order valence-corrected chi connectivity index (χ3v) is 10.5. The fourth-order valence-corrected chi connectivity index (χ4v) is 7.34. The molecule has 0 saturated carbocycles. The summed E-state index contributed by atoms with van der Waals surface area (Å²) in [7, 11) is 1.95. The Balaban J connectivity index is 0.00000271. The molecule has 16 nitrogen and oxygen atoms in total. The van der Waals surface area contributed by atoms with Crippen LogP contribution >= 0.6 is 39.1 Å². The van der Waals surface area contributed by atoms with E-state index in [0.717, 1.165) is 14.9 Å². The van der Waals surface area contributed by atoms with Crippen LogP contribution in [0.2, 0.25) is 10.0 Å². The van der Waals surface area contributed by atoms with Gasteiger partial charge in [-0.15, -0.1) is 0 Å². The number of amides is 4. The molecule has 2 aromatic carbocycles. The number of rotatable bonds is 14. The van der Waals surface area contributed by atoms with Crippen LogP contribution in [0.3, 0.4) is 0 Å². The van der Waals surface area contributed by atoms with Gasteiger partial charge in [0.1, 0.15) is 5.54 Å². The minimum atomic E-state index is -1.18. The van der Waals surface area contributed by atoms with Gasteiger partial charge in [-0.1, -0.05) is 51.3 Å². The summed E-state index contributed by atoms with van der Waals surface area (Å²) < 4.78 is 0.899. The smallest absolute Gasteiger partial charge is 0.480 e. The number of halogens is 3. The van der Waals surface area contributed by atoms with Crippen LogP contribution in [0.4, 0.5) is 10.5 Å². The number of urea groups is 1. The third-order valence-electron chi connectivity index (χ3n) is 9.53. The van der Waals surface area contributed by atoms with E-state index >= 15 is 0 Å². The molecule has 2 radical (unpaired) electrons. The Morgan fingerprint density at radius 2 is 1.28 bits per heavy atom. The van der Waals surface area contributed by atoms with Gasteiger partial charge in [-0.2, -0.15) is 9.59 Å². The molecule has 2 aliphatic heterocycles. The maximum absolute atomic E-state index is 14.0. The van der Waals surface area contributed by atoms with Crippen LogP contribution in [-0.2, 0) is 35.2 Å². The second-order valence-corrected chi connectivity index (χ2v) is 15.6. The van der Waals surface area contributed by atoms with Crippen LogP contribution in [0, 0.1) is 0 Å². The molecule has 57 heavy (non-hydrogen) atoms. The molecule has 0 bridgehead atoms. The van der Waals surface area contributed by atoms with Crippen LogP contribution < -0.4 is 10.2 Å². The Morgan fingerprint density at radius 1 is 0.807 bits per heavy atom. The number of imide groups is 1. The third kappa shape index (κ3) is 16.3. The molecule has 3 N–H and O–H groups in total. The number of aliphatic carboxylic acids is 2. The summed E-state index contributed by atoms with van der Waals surface area (Å²) >= 11 is 15.9. The molecule has 0 unspecified atom stereocenters. The van der Waals surface area contributed by atoms with Gasteiger partial charge < -0.3 is 25.3 Å². The van der Waals surface area contributed by atoms with E-state index in [0.29, 0.717) is 93.9 Å². The fourth-order valence-electron chi connectivity index (χ4n) is 6.56. The van der Waals surface area contributed by atoms with Crippen molar-refractivity contribution < 1.29 is 43.8 Å². The number of carbonyl (C=O) groups is 5. The number of hydrogen-bond donors (Lipinski definition) is 3. The molecular weight excluding hydrogens is 1050 g/mol. The zero-order valence-electron chi connectivity index (χ0n) is 31.9. The van der Waals surface area contributed by atoms with E-state index in [2.05, 4.69) is 26.1 Å². The van der Waals surface area contributed by atoms with Gasteiger partial charge in [-0.3, -0.25) is 33.9 Å². The molecule has 308 valence electrons. The molecular formula is C37H48BiBrCl2N7O9+3. The first-order chi connectivity index (χ1) is 26.6. The van der Waals surface area contributed by atoms with Crippen LogP contribution in [0.15, 0.2) is 46.9 Å². The van der Waals surface area contributed by atoms with Gasteiger partial charge in [0.05, 0.1) is 25.3 Å². The number of nitrogens with zero attached hydrogens (tertiary/aromatic N) is 6. The summed E-state index contributed by atoms with van der Waals surface area (Å²) in [5.74, 6) is -2.45. The van der Waals surface area contributed by atoms with E-state index in [4.69, 9.17) is 32.8 Å². The Labute approximate surface area is 369 Å². The average Bonchev–Trinajstić information content (AvgIpc) is 3.29. The van der Waals surface area contributed by atoms with Crippen molar-refractivity contribution in [2.45, 2.75) is 31.7 Å². The normalized spacial score (nSPS) is 19.0. The number of carbonyl (C=O) groups excluding carboxylic acids is 5. The number of carboxylic acids is 2. The Hall–Kier alpha value is -3.05. The SMILES string of the molecule is CN1CCN(CC(=O)O)CCN(CC(=O)O)CCN(CC(=O)NCCCCN2C(=O)N(c3cc(Cl)cc(Cl)c3)C(=O)[C@]2(C)Cc2ccc(Br)cc2)CC1.O=C=O.[Bi+3]. The number of nitrogens with one attached hydrogen (secondary N) is 1. The second-order valence-electron chi connectivity index (χ2n) is 13.8. The number of hydrogen-bond acceptors (Lipinski definition) is 11. The molecule has 20 heteroatoms. The summed E-state index contributed by atoms with van der Waals surface area (Å²) in [6.45, 7) is 6.29. The van der Waals surface area contributed by atoms with Crippen molar-refractivity contribution in [3.05, 3.63) is 62.5 Å². The summed E-state index contributed by atoms with van der Waals surface area (Å²) in [6.07, 6.45) is 1.63. The minimum absolute atomic E-state index is 0. The van der Waals surface area contributed by atoms with E-state index in [9.17, 15) is 34.2 Å². The van der Waals surface area contributed by atoms with E-state index < -0.39 is 23.5 Å². The Bertz CT molecular complexity index is 1700. The maximum atomic E-state index is 14.0. The molecule has 4 amide bonds. The van der Waals surface area contributed by atoms with Crippen molar-refractivity contribution in [1.82, 2.24) is 29.8 Å². The zero-order chi connectivity index (χ0) is 41.4. The molecule has 0 aromatic heterocycles. The van der Waals surface area contributed by atoms with Gasteiger partial charge in [0.15, 0.2) is 0 Å². The van der Waals surface area contributed by atoms with Gasteiger partial charge >= 0.3 is 50.3 Å². The number of likely N-dealkylation sites (N-methyl/N-ethyl adjacent to an activating group) is 1. The standard InChI is InChI=1S/C36H48BrCl2N7O7.CO2.Bi/c1-36(22-26-5-7-27(37)8-6-26)34(52)46(30-20-28(38)19-29(39)21-30)35(53)45(36)10-4-3-9-40-31(47)23-42-13-11-41(2)12-14-43(24-32(48)49)17-18-44(16-15-42)25-33(50)51;2-1-3;/h5-8,19-21H,3-4,9-18,22-25H2,1-2H3,(H,40,47)(H,48,49)(H,50,51);;/q;;+3/t36-;;/m0../s1. The second kappa shape index (κ2) is 24.8. The Kier molecular flexibility index (Phi) is 21.8. The van der Waals surface area contributed by atoms with Gasteiger partial charge in [-0.05, 0) is 62.7 Å². The quantitative estimate of drug-likeness (QED) is 0.142. The van der Waals surface area contributed by atoms with Crippen molar-refractivity contribution in [3.8, 4) is 0 Å². The summed E-state index contributed by atoms with van der Waals surface area (Å²) in [5, 5.41) is 22.3. The van der Waals surface area contributed by atoms with Crippen LogP contribution in [-0.4, -0.2) is 195 Å². The molecule has 2 heterocycles. The Morgan fingerprint density at radius 3 is 1.77 bits per heavy atom. The van der Waals surface area contributed by atoms with Crippen molar-refractivity contribution in [2.75, 3.05) is 97.0 Å².